The third-order valence-electron chi connectivity index (χ3n) is 1.91. The summed E-state index contributed by atoms with van der Waals surface area (Å²) < 4.78 is 0. The number of aromatic nitrogens is 2. The van der Waals surface area contributed by atoms with Crippen molar-refractivity contribution in [2.24, 2.45) is 5.92 Å². The minimum atomic E-state index is 0.633. The van der Waals surface area contributed by atoms with Gasteiger partial charge >= 0.3 is 0 Å². The van der Waals surface area contributed by atoms with Gasteiger partial charge in [-0.05, 0) is 23.8 Å². The Hall–Kier alpha value is -0.790. The van der Waals surface area contributed by atoms with Gasteiger partial charge in [0.15, 0.2) is 0 Å². The highest BCUT2D eigenvalue weighted by molar-refractivity contribution is 5.08. The molecule has 0 aromatic carbocycles. The van der Waals surface area contributed by atoms with E-state index in [1.165, 1.54) is 12.0 Å². The molecule has 0 spiro atoms. The van der Waals surface area contributed by atoms with Gasteiger partial charge in [0.25, 0.3) is 0 Å². The first-order chi connectivity index (χ1) is 5.20. The van der Waals surface area contributed by atoms with E-state index in [1.54, 1.807) is 0 Å². The molecule has 1 aromatic heterocycles. The predicted octanol–water partition coefficient (Wildman–Crippen LogP) is 2.56. The van der Waals surface area contributed by atoms with Gasteiger partial charge < -0.3 is 0 Å². The molecule has 2 heteroatoms. The van der Waals surface area contributed by atoms with Crippen LogP contribution in [-0.4, -0.2) is 10.2 Å². The Morgan fingerprint density at radius 3 is 2.64 bits per heavy atom. The first kappa shape index (κ1) is 8.31. The Morgan fingerprint density at radius 2 is 2.18 bits per heavy atom. The highest BCUT2D eigenvalue weighted by Crippen LogP contribution is 2.21. The summed E-state index contributed by atoms with van der Waals surface area (Å²) in [5, 5.41) is 6.76. The molecule has 1 aromatic rings. The van der Waals surface area contributed by atoms with Crippen molar-refractivity contribution < 1.29 is 0 Å². The number of H-pyrrole nitrogens is 1. The van der Waals surface area contributed by atoms with Crippen molar-refractivity contribution in [3.8, 4) is 0 Å². The zero-order valence-electron chi connectivity index (χ0n) is 7.46. The summed E-state index contributed by atoms with van der Waals surface area (Å²) in [4.78, 5) is 0. The molecule has 0 saturated carbocycles. The van der Waals surface area contributed by atoms with Crippen LogP contribution in [-0.2, 0) is 0 Å². The average Bonchev–Trinajstić information content (AvgIpc) is 2.35. The van der Waals surface area contributed by atoms with Crippen molar-refractivity contribution in [1.29, 1.82) is 0 Å². The van der Waals surface area contributed by atoms with Gasteiger partial charge in [-0.3, -0.25) is 5.10 Å². The van der Waals surface area contributed by atoms with Gasteiger partial charge in [-0.2, -0.15) is 5.10 Å². The van der Waals surface area contributed by atoms with E-state index in [4.69, 9.17) is 0 Å². The third-order valence-corrected chi connectivity index (χ3v) is 1.91. The van der Waals surface area contributed by atoms with Crippen molar-refractivity contribution in [2.45, 2.75) is 33.1 Å². The smallest absolute Gasteiger partial charge is 0.0521 e. The summed E-state index contributed by atoms with van der Waals surface area (Å²) in [7, 11) is 0. The number of nitrogens with one attached hydrogen (secondary N) is 1. The van der Waals surface area contributed by atoms with Crippen LogP contribution in [0.1, 0.15) is 38.7 Å². The summed E-state index contributed by atoms with van der Waals surface area (Å²) >= 11 is 0. The van der Waals surface area contributed by atoms with Crippen LogP contribution in [0.2, 0.25) is 0 Å². The summed E-state index contributed by atoms with van der Waals surface area (Å²) in [5.74, 6) is 1.40. The Morgan fingerprint density at radius 1 is 1.45 bits per heavy atom. The highest BCUT2D eigenvalue weighted by atomic mass is 15.1. The fraction of sp³-hybridized carbons (Fsp3) is 0.667. The average molecular weight is 152 g/mol. The molecule has 11 heavy (non-hydrogen) atoms. The molecule has 2 nitrogen and oxygen atoms in total. The van der Waals surface area contributed by atoms with Crippen molar-refractivity contribution in [3.05, 3.63) is 18.0 Å². The fourth-order valence-corrected chi connectivity index (χ4v) is 1.37. The van der Waals surface area contributed by atoms with Crippen molar-refractivity contribution in [2.75, 3.05) is 0 Å². The lowest BCUT2D eigenvalue weighted by Crippen LogP contribution is -1.96. The lowest BCUT2D eigenvalue weighted by molar-refractivity contribution is 0.524. The van der Waals surface area contributed by atoms with Crippen LogP contribution < -0.4 is 0 Å². The molecule has 1 N–H and O–H groups in total. The lowest BCUT2D eigenvalue weighted by Gasteiger charge is -2.10. The SMILES string of the molecule is CC(C)CC(C)c1cn[nH]c1. The molecule has 0 amide bonds. The monoisotopic (exact) mass is 152 g/mol. The van der Waals surface area contributed by atoms with Crippen molar-refractivity contribution in [3.63, 3.8) is 0 Å². The van der Waals surface area contributed by atoms with Crippen LogP contribution in [0.15, 0.2) is 12.4 Å². The van der Waals surface area contributed by atoms with E-state index in [0.29, 0.717) is 5.92 Å². The summed E-state index contributed by atoms with van der Waals surface area (Å²) in [5.41, 5.74) is 1.32. The summed E-state index contributed by atoms with van der Waals surface area (Å²) in [6, 6.07) is 0. The predicted molar refractivity (Wildman–Crippen MR) is 46.5 cm³/mol. The molecule has 1 unspecified atom stereocenters. The van der Waals surface area contributed by atoms with E-state index in [2.05, 4.69) is 31.0 Å². The minimum absolute atomic E-state index is 0.633. The first-order valence-corrected chi connectivity index (χ1v) is 4.19. The van der Waals surface area contributed by atoms with Crippen molar-refractivity contribution in [1.82, 2.24) is 10.2 Å². The summed E-state index contributed by atoms with van der Waals surface area (Å²) in [6.07, 6.45) is 5.12. The molecule has 1 heterocycles. The van der Waals surface area contributed by atoms with Gasteiger partial charge in [-0.15, -0.1) is 0 Å². The van der Waals surface area contributed by atoms with Crippen LogP contribution in [0.5, 0.6) is 0 Å². The second-order valence-corrected chi connectivity index (χ2v) is 3.56. The van der Waals surface area contributed by atoms with Gasteiger partial charge in [0.05, 0.1) is 6.20 Å². The van der Waals surface area contributed by atoms with Crippen LogP contribution in [0, 0.1) is 5.92 Å². The van der Waals surface area contributed by atoms with E-state index in [9.17, 15) is 0 Å². The Labute approximate surface area is 68.0 Å². The van der Waals surface area contributed by atoms with Crippen LogP contribution in [0.4, 0.5) is 0 Å². The van der Waals surface area contributed by atoms with Crippen molar-refractivity contribution >= 4 is 0 Å². The number of hydrogen-bond donors (Lipinski definition) is 1. The first-order valence-electron chi connectivity index (χ1n) is 4.19. The van der Waals surface area contributed by atoms with E-state index in [1.807, 2.05) is 12.4 Å². The third kappa shape index (κ3) is 2.37. The van der Waals surface area contributed by atoms with Gasteiger partial charge in [-0.1, -0.05) is 20.8 Å². The zero-order chi connectivity index (χ0) is 8.27. The standard InChI is InChI=1S/C9H16N2/c1-7(2)4-8(3)9-5-10-11-6-9/h5-8H,4H2,1-3H3,(H,10,11). The highest BCUT2D eigenvalue weighted by Gasteiger charge is 2.07. The van der Waals surface area contributed by atoms with E-state index >= 15 is 0 Å². The second-order valence-electron chi connectivity index (χ2n) is 3.56. The maximum absolute atomic E-state index is 3.93. The number of nitrogens with zero attached hydrogens (tertiary/aromatic N) is 1. The molecule has 0 fully saturated rings. The number of hydrogen-bond acceptors (Lipinski definition) is 1. The van der Waals surface area contributed by atoms with Crippen LogP contribution in [0.3, 0.4) is 0 Å². The molecule has 0 radical (unpaired) electrons. The molecule has 0 saturated heterocycles. The zero-order valence-corrected chi connectivity index (χ0v) is 7.46. The van der Waals surface area contributed by atoms with E-state index in [-0.39, 0.29) is 0 Å². The normalized spacial score (nSPS) is 13.8. The molecule has 0 aliphatic carbocycles. The largest absolute Gasteiger partial charge is 0.285 e. The molecule has 1 rings (SSSR count). The molecule has 0 aliphatic rings. The molecule has 0 bridgehead atoms. The number of aromatic amines is 1. The molecule has 1 atom stereocenters. The Kier molecular flexibility index (Phi) is 2.69. The van der Waals surface area contributed by atoms with Crippen LogP contribution in [0.25, 0.3) is 0 Å². The lowest BCUT2D eigenvalue weighted by atomic mass is 9.94. The maximum atomic E-state index is 3.93. The molecule has 0 aliphatic heterocycles. The molecular formula is C9H16N2. The Bertz CT molecular complexity index is 189. The quantitative estimate of drug-likeness (QED) is 0.708. The van der Waals surface area contributed by atoms with Gasteiger partial charge in [0, 0.05) is 6.20 Å². The number of rotatable bonds is 3. The fourth-order valence-electron chi connectivity index (χ4n) is 1.37. The molecular weight excluding hydrogens is 136 g/mol. The summed E-state index contributed by atoms with van der Waals surface area (Å²) in [6.45, 7) is 6.73. The van der Waals surface area contributed by atoms with Gasteiger partial charge in [-0.25, -0.2) is 0 Å². The Balaban J connectivity index is 2.49. The minimum Gasteiger partial charge on any atom is -0.285 e. The topological polar surface area (TPSA) is 28.7 Å². The van der Waals surface area contributed by atoms with E-state index in [0.717, 1.165) is 5.92 Å². The van der Waals surface area contributed by atoms with Crippen LogP contribution >= 0.6 is 0 Å². The molecule has 62 valence electrons. The van der Waals surface area contributed by atoms with E-state index < -0.39 is 0 Å². The van der Waals surface area contributed by atoms with Gasteiger partial charge in [0.1, 0.15) is 0 Å². The maximum Gasteiger partial charge on any atom is 0.0521 e. The second kappa shape index (κ2) is 3.56. The van der Waals surface area contributed by atoms with Gasteiger partial charge in [0.2, 0.25) is 0 Å².